The average Bonchev–Trinajstić information content (AvgIpc) is 3.21. The molecule has 0 saturated heterocycles. The summed E-state index contributed by atoms with van der Waals surface area (Å²) >= 11 is 0. The maximum Gasteiger partial charge on any atom is 0.346 e. The third-order valence-corrected chi connectivity index (χ3v) is 12.3. The fourth-order valence-electron chi connectivity index (χ4n) is 9.99. The van der Waals surface area contributed by atoms with Crippen LogP contribution in [0.4, 0.5) is 5.69 Å². The number of anilines is 1. The maximum atomic E-state index is 13.8. The summed E-state index contributed by atoms with van der Waals surface area (Å²) in [6.07, 6.45) is 3.27. The number of carbonyl (C=O) groups is 2. The number of ether oxygens (including phenoxy) is 3. The SMILES string of the molecule is C/C(=C\C(C)(C)C)c1ccc(Oc2cc3c4c(cc(Oc5ccc(C(C)(C)CC(C)(C)C)cc5)c5c6ccc(-c7ccc(N(C)C)cc7)c7cccc(c2c45)c76)C(=O)OC3=O)cc1. The lowest BCUT2D eigenvalue weighted by atomic mass is 9.72. The molecule has 0 fully saturated rings. The van der Waals surface area contributed by atoms with E-state index in [0.29, 0.717) is 33.8 Å². The van der Waals surface area contributed by atoms with E-state index in [0.717, 1.165) is 61.1 Å². The van der Waals surface area contributed by atoms with Gasteiger partial charge in [0.2, 0.25) is 0 Å². The first-order valence-electron chi connectivity index (χ1n) is 21.8. The van der Waals surface area contributed by atoms with Crippen molar-refractivity contribution >= 4 is 66.3 Å². The highest BCUT2D eigenvalue weighted by Gasteiger charge is 2.34. The van der Waals surface area contributed by atoms with E-state index < -0.39 is 11.9 Å². The van der Waals surface area contributed by atoms with Crippen LogP contribution >= 0.6 is 0 Å². The summed E-state index contributed by atoms with van der Waals surface area (Å²) in [5.41, 5.74) is 7.45. The molecule has 0 atom stereocenters. The minimum Gasteiger partial charge on any atom is -0.457 e. The van der Waals surface area contributed by atoms with Crippen LogP contribution in [0.25, 0.3) is 59.8 Å². The second-order valence-electron chi connectivity index (χ2n) is 20.4. The molecule has 0 bridgehead atoms. The van der Waals surface area contributed by atoms with Gasteiger partial charge in [0.05, 0.1) is 11.1 Å². The van der Waals surface area contributed by atoms with Gasteiger partial charge in [0.25, 0.3) is 0 Å². The molecule has 1 aliphatic rings. The van der Waals surface area contributed by atoms with Crippen LogP contribution in [0.2, 0.25) is 0 Å². The molecule has 0 radical (unpaired) electrons. The Balaban J connectivity index is 1.31. The van der Waals surface area contributed by atoms with Crippen molar-refractivity contribution in [1.29, 1.82) is 0 Å². The molecule has 0 aliphatic carbocycles. The fourth-order valence-corrected chi connectivity index (χ4v) is 9.99. The summed E-state index contributed by atoms with van der Waals surface area (Å²) in [6, 6.07) is 39.1. The highest BCUT2D eigenvalue weighted by atomic mass is 16.6. The summed E-state index contributed by atoms with van der Waals surface area (Å²) in [6.45, 7) is 20.0. The number of hydrogen-bond acceptors (Lipinski definition) is 6. The standard InChI is InChI=1S/C57H55NO5/c1-33(31-55(2,3)4)34-17-23-38(24-18-34)61-46-29-44-49-45(54(60)63-53(44)59)30-47(62-39-25-19-36(20-26-39)57(8,9)32-56(5,6)7)51-43-28-27-40(35-15-21-37(22-16-35)58(10)11)41-13-12-14-42(48(41)43)50(46)52(49)51/h12-31H,32H2,1-11H3/b33-31+. The predicted molar refractivity (Wildman–Crippen MR) is 260 cm³/mol. The highest BCUT2D eigenvalue weighted by molar-refractivity contribution is 6.40. The van der Waals surface area contributed by atoms with E-state index in [1.807, 2.05) is 38.4 Å². The van der Waals surface area contributed by atoms with Crippen LogP contribution in [0.3, 0.4) is 0 Å². The van der Waals surface area contributed by atoms with Gasteiger partial charge < -0.3 is 19.1 Å². The zero-order valence-electron chi connectivity index (χ0n) is 38.2. The largest absolute Gasteiger partial charge is 0.457 e. The first kappa shape index (κ1) is 41.7. The molecule has 1 aliphatic heterocycles. The number of fused-ring (bicyclic) bond motifs is 2. The minimum atomic E-state index is -0.712. The molecule has 6 nitrogen and oxygen atoms in total. The summed E-state index contributed by atoms with van der Waals surface area (Å²) in [7, 11) is 4.08. The number of rotatable bonds is 9. The lowest BCUT2D eigenvalue weighted by molar-refractivity contribution is 0.0390. The Morgan fingerprint density at radius 3 is 1.67 bits per heavy atom. The summed E-state index contributed by atoms with van der Waals surface area (Å²) < 4.78 is 19.3. The molecule has 0 unspecified atom stereocenters. The summed E-state index contributed by atoms with van der Waals surface area (Å²) in [5.74, 6) is 0.785. The van der Waals surface area contributed by atoms with Gasteiger partial charge in [-0.05, 0) is 127 Å². The minimum absolute atomic E-state index is 0.0306. The number of cyclic esters (lactones) is 2. The predicted octanol–water partition coefficient (Wildman–Crippen LogP) is 15.5. The summed E-state index contributed by atoms with van der Waals surface area (Å²) in [5, 5.41) is 6.77. The number of benzene rings is 8. The second-order valence-corrected chi connectivity index (χ2v) is 20.4. The second kappa shape index (κ2) is 15.0. The molecule has 9 rings (SSSR count). The molecule has 8 aromatic rings. The van der Waals surface area contributed by atoms with E-state index in [1.54, 1.807) is 12.1 Å². The van der Waals surface area contributed by atoms with Crippen LogP contribution in [0.15, 0.2) is 121 Å². The molecule has 0 N–H and O–H groups in total. The third kappa shape index (κ3) is 7.66. The zero-order chi connectivity index (χ0) is 44.7. The van der Waals surface area contributed by atoms with Crippen LogP contribution in [-0.4, -0.2) is 26.0 Å². The molecule has 6 heteroatoms. The van der Waals surface area contributed by atoms with Gasteiger partial charge in [-0.2, -0.15) is 0 Å². The molecular weight excluding hydrogens is 779 g/mol. The molecule has 0 amide bonds. The Bertz CT molecular complexity index is 3140. The topological polar surface area (TPSA) is 65.1 Å². The van der Waals surface area contributed by atoms with Gasteiger partial charge in [0.15, 0.2) is 0 Å². The third-order valence-electron chi connectivity index (χ3n) is 12.3. The number of esters is 2. The monoisotopic (exact) mass is 833 g/mol. The van der Waals surface area contributed by atoms with Crippen LogP contribution in [0.1, 0.15) is 101 Å². The number of carbonyl (C=O) groups excluding carboxylic acids is 2. The molecule has 318 valence electrons. The van der Waals surface area contributed by atoms with Crippen LogP contribution in [-0.2, 0) is 10.2 Å². The van der Waals surface area contributed by atoms with E-state index in [2.05, 4.69) is 152 Å². The van der Waals surface area contributed by atoms with Crippen molar-refractivity contribution < 1.29 is 23.8 Å². The summed E-state index contributed by atoms with van der Waals surface area (Å²) in [4.78, 5) is 29.7. The van der Waals surface area contributed by atoms with Gasteiger partial charge in [-0.15, -0.1) is 0 Å². The lowest BCUT2D eigenvalue weighted by Gasteiger charge is -2.33. The first-order valence-corrected chi connectivity index (χ1v) is 21.8. The van der Waals surface area contributed by atoms with Gasteiger partial charge >= 0.3 is 11.9 Å². The molecule has 0 spiro atoms. The average molecular weight is 834 g/mol. The Morgan fingerprint density at radius 1 is 0.587 bits per heavy atom. The molecule has 0 saturated carbocycles. The van der Waals surface area contributed by atoms with Gasteiger partial charge in [-0.3, -0.25) is 0 Å². The highest BCUT2D eigenvalue weighted by Crippen LogP contribution is 2.53. The van der Waals surface area contributed by atoms with E-state index in [1.165, 1.54) is 11.1 Å². The van der Waals surface area contributed by atoms with E-state index in [-0.39, 0.29) is 27.4 Å². The number of nitrogens with zero attached hydrogens (tertiary/aromatic N) is 1. The molecule has 0 aromatic heterocycles. The normalized spacial score (nSPS) is 13.7. The van der Waals surface area contributed by atoms with Crippen molar-refractivity contribution in [3.05, 3.63) is 144 Å². The number of hydrogen-bond donors (Lipinski definition) is 0. The van der Waals surface area contributed by atoms with Crippen molar-refractivity contribution in [2.45, 2.75) is 74.1 Å². The van der Waals surface area contributed by atoms with Crippen LogP contribution < -0.4 is 14.4 Å². The van der Waals surface area contributed by atoms with Crippen molar-refractivity contribution in [2.75, 3.05) is 19.0 Å². The lowest BCUT2D eigenvalue weighted by Crippen LogP contribution is -2.24. The molecule has 63 heavy (non-hydrogen) atoms. The van der Waals surface area contributed by atoms with Crippen LogP contribution in [0, 0.1) is 10.8 Å². The number of allylic oxidation sites excluding steroid dienone is 2. The zero-order valence-corrected chi connectivity index (χ0v) is 38.2. The van der Waals surface area contributed by atoms with Gasteiger partial charge in [-0.25, -0.2) is 9.59 Å². The molecule has 8 aromatic carbocycles. The maximum absolute atomic E-state index is 13.8. The Hall–Kier alpha value is -6.66. The van der Waals surface area contributed by atoms with Crippen LogP contribution in [0.5, 0.6) is 23.0 Å². The molecular formula is C57H55NO5. The van der Waals surface area contributed by atoms with Gasteiger partial charge in [0.1, 0.15) is 23.0 Å². The van der Waals surface area contributed by atoms with Crippen molar-refractivity contribution in [1.82, 2.24) is 0 Å². The Labute approximate surface area is 370 Å². The van der Waals surface area contributed by atoms with E-state index >= 15 is 0 Å². The van der Waals surface area contributed by atoms with Crippen molar-refractivity contribution in [3.8, 4) is 34.1 Å². The van der Waals surface area contributed by atoms with E-state index in [9.17, 15) is 9.59 Å². The Kier molecular flexibility index (Phi) is 9.93. The molecule has 1 heterocycles. The van der Waals surface area contributed by atoms with Gasteiger partial charge in [-0.1, -0.05) is 128 Å². The van der Waals surface area contributed by atoms with Crippen molar-refractivity contribution in [2.24, 2.45) is 10.8 Å². The first-order chi connectivity index (χ1) is 29.8. The van der Waals surface area contributed by atoms with Crippen molar-refractivity contribution in [3.63, 3.8) is 0 Å². The smallest absolute Gasteiger partial charge is 0.346 e. The quantitative estimate of drug-likeness (QED) is 0.0625. The fraction of sp³-hybridized carbons (Fsp3) is 0.263. The van der Waals surface area contributed by atoms with E-state index in [4.69, 9.17) is 14.2 Å². The van der Waals surface area contributed by atoms with Gasteiger partial charge in [0, 0.05) is 41.3 Å². The Morgan fingerprint density at radius 2 is 1.13 bits per heavy atom.